The van der Waals surface area contributed by atoms with Crippen LogP contribution < -0.4 is 0 Å². The van der Waals surface area contributed by atoms with Gasteiger partial charge in [0.15, 0.2) is 5.82 Å². The SMILES string of the molecule is CCn1c(CBr)nnc1-c1cc(F)cc(Br)c1. The molecule has 0 unspecified atom stereocenters. The highest BCUT2D eigenvalue weighted by Gasteiger charge is 2.12. The van der Waals surface area contributed by atoms with Crippen molar-refractivity contribution in [3.05, 3.63) is 34.3 Å². The maximum absolute atomic E-state index is 13.3. The summed E-state index contributed by atoms with van der Waals surface area (Å²) in [7, 11) is 0. The molecule has 0 aliphatic heterocycles. The van der Waals surface area contributed by atoms with Gasteiger partial charge in [0.25, 0.3) is 0 Å². The molecule has 0 N–H and O–H groups in total. The average Bonchev–Trinajstić information content (AvgIpc) is 2.70. The van der Waals surface area contributed by atoms with Gasteiger partial charge >= 0.3 is 0 Å². The van der Waals surface area contributed by atoms with Crippen LogP contribution in [0.15, 0.2) is 22.7 Å². The second kappa shape index (κ2) is 5.27. The fourth-order valence-corrected chi connectivity index (χ4v) is 2.54. The number of nitrogens with zero attached hydrogens (tertiary/aromatic N) is 3. The van der Waals surface area contributed by atoms with E-state index in [4.69, 9.17) is 0 Å². The van der Waals surface area contributed by atoms with Crippen LogP contribution in [0.3, 0.4) is 0 Å². The second-order valence-electron chi connectivity index (χ2n) is 3.48. The zero-order valence-corrected chi connectivity index (χ0v) is 12.3. The van der Waals surface area contributed by atoms with Gasteiger partial charge in [-0.05, 0) is 25.1 Å². The summed E-state index contributed by atoms with van der Waals surface area (Å²) in [5.41, 5.74) is 0.721. The van der Waals surface area contributed by atoms with E-state index in [1.165, 1.54) is 12.1 Å². The Morgan fingerprint density at radius 2 is 2.06 bits per heavy atom. The van der Waals surface area contributed by atoms with Gasteiger partial charge in [-0.1, -0.05) is 31.9 Å². The molecule has 6 heteroatoms. The fourth-order valence-electron chi connectivity index (χ4n) is 1.66. The van der Waals surface area contributed by atoms with Crippen molar-refractivity contribution >= 4 is 31.9 Å². The molecule has 2 aromatic rings. The molecule has 0 atom stereocenters. The molecule has 0 fully saturated rings. The van der Waals surface area contributed by atoms with E-state index in [0.717, 1.165) is 17.9 Å². The first kappa shape index (κ1) is 12.7. The minimum absolute atomic E-state index is 0.291. The van der Waals surface area contributed by atoms with Crippen LogP contribution in [-0.4, -0.2) is 14.8 Å². The fraction of sp³-hybridized carbons (Fsp3) is 0.273. The Labute approximate surface area is 115 Å². The quantitative estimate of drug-likeness (QED) is 0.778. The van der Waals surface area contributed by atoms with Gasteiger partial charge in [-0.3, -0.25) is 0 Å². The molecule has 0 saturated heterocycles. The first-order valence-electron chi connectivity index (χ1n) is 5.10. The lowest BCUT2D eigenvalue weighted by Crippen LogP contribution is -2.02. The Balaban J connectivity index is 2.55. The van der Waals surface area contributed by atoms with Crippen LogP contribution >= 0.6 is 31.9 Å². The molecular weight excluding hydrogens is 353 g/mol. The molecule has 1 heterocycles. The molecular formula is C11H10Br2FN3. The van der Waals surface area contributed by atoms with Crippen molar-refractivity contribution in [2.75, 3.05) is 0 Å². The summed E-state index contributed by atoms with van der Waals surface area (Å²) in [6, 6.07) is 4.71. The molecule has 1 aromatic carbocycles. The molecule has 2 rings (SSSR count). The van der Waals surface area contributed by atoms with Crippen molar-refractivity contribution in [2.24, 2.45) is 0 Å². The van der Waals surface area contributed by atoms with Gasteiger partial charge in [-0.15, -0.1) is 10.2 Å². The molecule has 0 spiro atoms. The van der Waals surface area contributed by atoms with Crippen molar-refractivity contribution in [3.8, 4) is 11.4 Å². The van der Waals surface area contributed by atoms with Crippen LogP contribution in [0.5, 0.6) is 0 Å². The predicted molar refractivity (Wildman–Crippen MR) is 71.4 cm³/mol. The molecule has 0 aliphatic rings. The maximum Gasteiger partial charge on any atom is 0.164 e. The first-order valence-corrected chi connectivity index (χ1v) is 7.01. The second-order valence-corrected chi connectivity index (χ2v) is 4.95. The smallest absolute Gasteiger partial charge is 0.164 e. The van der Waals surface area contributed by atoms with E-state index in [2.05, 4.69) is 42.1 Å². The number of halogens is 3. The van der Waals surface area contributed by atoms with Crippen molar-refractivity contribution in [3.63, 3.8) is 0 Å². The zero-order chi connectivity index (χ0) is 12.4. The van der Waals surface area contributed by atoms with Crippen molar-refractivity contribution in [2.45, 2.75) is 18.8 Å². The maximum atomic E-state index is 13.3. The minimum atomic E-state index is -0.291. The summed E-state index contributed by atoms with van der Waals surface area (Å²) >= 11 is 6.63. The lowest BCUT2D eigenvalue weighted by Gasteiger charge is -2.06. The molecule has 0 radical (unpaired) electrons. The van der Waals surface area contributed by atoms with E-state index in [1.807, 2.05) is 17.6 Å². The van der Waals surface area contributed by atoms with Gasteiger partial charge < -0.3 is 4.57 Å². The largest absolute Gasteiger partial charge is 0.311 e. The van der Waals surface area contributed by atoms with Gasteiger partial charge in [0, 0.05) is 16.6 Å². The normalized spacial score (nSPS) is 10.8. The van der Waals surface area contributed by atoms with Crippen LogP contribution in [0.2, 0.25) is 0 Å². The van der Waals surface area contributed by atoms with Crippen molar-refractivity contribution < 1.29 is 4.39 Å². The molecule has 3 nitrogen and oxygen atoms in total. The van der Waals surface area contributed by atoms with E-state index >= 15 is 0 Å². The van der Waals surface area contributed by atoms with E-state index in [9.17, 15) is 4.39 Å². The van der Waals surface area contributed by atoms with Gasteiger partial charge in [-0.25, -0.2) is 4.39 Å². The van der Waals surface area contributed by atoms with Crippen molar-refractivity contribution in [1.29, 1.82) is 0 Å². The first-order chi connectivity index (χ1) is 8.15. The van der Waals surface area contributed by atoms with E-state index < -0.39 is 0 Å². The highest BCUT2D eigenvalue weighted by Crippen LogP contribution is 2.24. The predicted octanol–water partition coefficient (Wildman–Crippen LogP) is 3.76. The van der Waals surface area contributed by atoms with Gasteiger partial charge in [0.1, 0.15) is 11.6 Å². The summed E-state index contributed by atoms with van der Waals surface area (Å²) in [4.78, 5) is 0. The molecule has 0 bridgehead atoms. The number of hydrogen-bond acceptors (Lipinski definition) is 2. The Hall–Kier alpha value is -0.750. The summed E-state index contributed by atoms with van der Waals surface area (Å²) in [6.07, 6.45) is 0. The molecule has 0 aliphatic carbocycles. The van der Waals surface area contributed by atoms with Crippen LogP contribution in [-0.2, 0) is 11.9 Å². The lowest BCUT2D eigenvalue weighted by molar-refractivity contribution is 0.627. The Kier molecular flexibility index (Phi) is 3.93. The summed E-state index contributed by atoms with van der Waals surface area (Å²) in [6.45, 7) is 2.75. The third-order valence-electron chi connectivity index (χ3n) is 2.38. The third kappa shape index (κ3) is 2.57. The molecule has 17 heavy (non-hydrogen) atoms. The Morgan fingerprint density at radius 1 is 1.29 bits per heavy atom. The zero-order valence-electron chi connectivity index (χ0n) is 9.12. The summed E-state index contributed by atoms with van der Waals surface area (Å²) in [5, 5.41) is 8.80. The summed E-state index contributed by atoms with van der Waals surface area (Å²) < 4.78 is 16.0. The van der Waals surface area contributed by atoms with Crippen LogP contribution in [0, 0.1) is 5.82 Å². The standard InChI is InChI=1S/C11H10Br2FN3/c1-2-17-10(6-12)15-16-11(17)7-3-8(13)5-9(14)4-7/h3-5H,2,6H2,1H3. The van der Waals surface area contributed by atoms with Crippen molar-refractivity contribution in [1.82, 2.24) is 14.8 Å². The Morgan fingerprint density at radius 3 is 2.65 bits per heavy atom. The number of alkyl halides is 1. The highest BCUT2D eigenvalue weighted by atomic mass is 79.9. The number of rotatable bonds is 3. The van der Waals surface area contributed by atoms with Crippen LogP contribution in [0.4, 0.5) is 4.39 Å². The van der Waals surface area contributed by atoms with E-state index in [0.29, 0.717) is 15.6 Å². The topological polar surface area (TPSA) is 30.7 Å². The number of aromatic nitrogens is 3. The van der Waals surface area contributed by atoms with Crippen LogP contribution in [0.25, 0.3) is 11.4 Å². The molecule has 1 aromatic heterocycles. The molecule has 0 amide bonds. The lowest BCUT2D eigenvalue weighted by atomic mass is 10.2. The van der Waals surface area contributed by atoms with Gasteiger partial charge in [0.2, 0.25) is 0 Å². The minimum Gasteiger partial charge on any atom is -0.311 e. The van der Waals surface area contributed by atoms with Gasteiger partial charge in [-0.2, -0.15) is 0 Å². The van der Waals surface area contributed by atoms with E-state index in [-0.39, 0.29) is 5.82 Å². The third-order valence-corrected chi connectivity index (χ3v) is 3.34. The Bertz CT molecular complexity index is 519. The average molecular weight is 363 g/mol. The number of hydrogen-bond donors (Lipinski definition) is 0. The van der Waals surface area contributed by atoms with Gasteiger partial charge in [0.05, 0.1) is 5.33 Å². The van der Waals surface area contributed by atoms with Crippen LogP contribution in [0.1, 0.15) is 12.7 Å². The summed E-state index contributed by atoms with van der Waals surface area (Å²) in [5.74, 6) is 1.23. The molecule has 90 valence electrons. The highest BCUT2D eigenvalue weighted by molar-refractivity contribution is 9.10. The number of benzene rings is 1. The molecule has 0 saturated carbocycles. The van der Waals surface area contributed by atoms with E-state index in [1.54, 1.807) is 0 Å². The monoisotopic (exact) mass is 361 g/mol.